The molecule has 1 atom stereocenters. The second kappa shape index (κ2) is 6.52. The number of fused-ring (bicyclic) bond motifs is 1. The molecule has 23 heavy (non-hydrogen) atoms. The van der Waals surface area contributed by atoms with Crippen molar-refractivity contribution in [2.75, 3.05) is 6.61 Å². The third kappa shape index (κ3) is 3.04. The van der Waals surface area contributed by atoms with Crippen LogP contribution in [0, 0.1) is 0 Å². The summed E-state index contributed by atoms with van der Waals surface area (Å²) in [6.45, 7) is 2.09. The van der Waals surface area contributed by atoms with E-state index in [-0.39, 0.29) is 17.9 Å². The predicted octanol–water partition coefficient (Wildman–Crippen LogP) is 2.87. The summed E-state index contributed by atoms with van der Waals surface area (Å²) < 4.78 is 6.65. The van der Waals surface area contributed by atoms with Crippen molar-refractivity contribution in [1.82, 2.24) is 9.55 Å². The minimum atomic E-state index is -0.393. The molecule has 0 amide bonds. The summed E-state index contributed by atoms with van der Waals surface area (Å²) in [6.07, 6.45) is 3.58. The molecule has 3 aromatic rings. The van der Waals surface area contributed by atoms with Crippen molar-refractivity contribution in [3.63, 3.8) is 0 Å². The zero-order valence-corrected chi connectivity index (χ0v) is 12.9. The minimum absolute atomic E-state index is 0.115. The van der Waals surface area contributed by atoms with E-state index >= 15 is 0 Å². The molecule has 1 N–H and O–H groups in total. The third-order valence-electron chi connectivity index (χ3n) is 3.83. The van der Waals surface area contributed by atoms with E-state index in [9.17, 15) is 9.59 Å². The molecule has 1 unspecified atom stereocenters. The van der Waals surface area contributed by atoms with Crippen LogP contribution in [0.5, 0.6) is 0 Å². The van der Waals surface area contributed by atoms with Crippen molar-refractivity contribution in [3.8, 4) is 0 Å². The van der Waals surface area contributed by atoms with Gasteiger partial charge in [0.25, 0.3) is 5.56 Å². The Morgan fingerprint density at radius 1 is 1.22 bits per heavy atom. The number of rotatable bonds is 5. The first-order chi connectivity index (χ1) is 11.2. The SMILES string of the molecule is CCOC(=O)CC(c1ccccc1)n1ccc2cc[nH]c2c1=O. The van der Waals surface area contributed by atoms with E-state index < -0.39 is 6.04 Å². The van der Waals surface area contributed by atoms with Gasteiger partial charge >= 0.3 is 5.97 Å². The molecule has 0 aliphatic carbocycles. The van der Waals surface area contributed by atoms with Crippen LogP contribution in [0.25, 0.3) is 10.9 Å². The molecule has 5 heteroatoms. The van der Waals surface area contributed by atoms with Gasteiger partial charge in [-0.05, 0) is 24.6 Å². The fourth-order valence-corrected chi connectivity index (χ4v) is 2.74. The number of aromatic nitrogens is 2. The summed E-state index contributed by atoms with van der Waals surface area (Å²) in [6, 6.07) is 12.8. The number of carbonyl (C=O) groups is 1. The largest absolute Gasteiger partial charge is 0.466 e. The molecule has 0 aliphatic rings. The van der Waals surface area contributed by atoms with Crippen LogP contribution in [0.15, 0.2) is 59.7 Å². The topological polar surface area (TPSA) is 64.1 Å². The molecule has 0 spiro atoms. The van der Waals surface area contributed by atoms with Crippen LogP contribution in [-0.4, -0.2) is 22.1 Å². The molecule has 0 saturated carbocycles. The van der Waals surface area contributed by atoms with Gasteiger partial charge in [-0.3, -0.25) is 9.59 Å². The summed E-state index contributed by atoms with van der Waals surface area (Å²) in [7, 11) is 0. The number of ether oxygens (including phenoxy) is 1. The lowest BCUT2D eigenvalue weighted by Gasteiger charge is -2.19. The molecule has 0 fully saturated rings. The van der Waals surface area contributed by atoms with Gasteiger partial charge in [-0.25, -0.2) is 0 Å². The van der Waals surface area contributed by atoms with Crippen LogP contribution >= 0.6 is 0 Å². The van der Waals surface area contributed by atoms with Gasteiger partial charge in [0.1, 0.15) is 5.52 Å². The number of nitrogens with zero attached hydrogens (tertiary/aromatic N) is 1. The number of esters is 1. The Hall–Kier alpha value is -2.82. The first-order valence-corrected chi connectivity index (χ1v) is 7.59. The fraction of sp³-hybridized carbons (Fsp3) is 0.222. The molecule has 1 aromatic carbocycles. The van der Waals surface area contributed by atoms with Gasteiger partial charge in [-0.1, -0.05) is 30.3 Å². The highest BCUT2D eigenvalue weighted by atomic mass is 16.5. The molecule has 0 aliphatic heterocycles. The number of hydrogen-bond donors (Lipinski definition) is 1. The normalized spacial score (nSPS) is 12.2. The number of nitrogens with one attached hydrogen (secondary N) is 1. The van der Waals surface area contributed by atoms with Gasteiger partial charge in [0.2, 0.25) is 0 Å². The molecule has 3 rings (SSSR count). The first kappa shape index (κ1) is 15.1. The van der Waals surface area contributed by atoms with E-state index in [0.29, 0.717) is 12.1 Å². The molecular formula is C18H18N2O3. The van der Waals surface area contributed by atoms with E-state index in [1.54, 1.807) is 23.9 Å². The molecule has 0 bridgehead atoms. The summed E-state index contributed by atoms with van der Waals surface area (Å²) in [5, 5.41) is 0.856. The average Bonchev–Trinajstić information content (AvgIpc) is 3.04. The van der Waals surface area contributed by atoms with Crippen molar-refractivity contribution < 1.29 is 9.53 Å². The molecule has 2 heterocycles. The Morgan fingerprint density at radius 2 is 2.00 bits per heavy atom. The van der Waals surface area contributed by atoms with Crippen LogP contribution in [0.3, 0.4) is 0 Å². The Morgan fingerprint density at radius 3 is 2.74 bits per heavy atom. The van der Waals surface area contributed by atoms with Crippen LogP contribution in [-0.2, 0) is 9.53 Å². The Labute approximate surface area is 133 Å². The maximum atomic E-state index is 12.7. The molecule has 5 nitrogen and oxygen atoms in total. The molecular weight excluding hydrogens is 292 g/mol. The number of hydrogen-bond acceptors (Lipinski definition) is 3. The summed E-state index contributed by atoms with van der Waals surface area (Å²) in [5.41, 5.74) is 1.29. The zero-order chi connectivity index (χ0) is 16.2. The van der Waals surface area contributed by atoms with Crippen molar-refractivity contribution in [2.24, 2.45) is 0 Å². The van der Waals surface area contributed by atoms with Crippen LogP contribution in [0.4, 0.5) is 0 Å². The smallest absolute Gasteiger partial charge is 0.308 e. The van der Waals surface area contributed by atoms with Gasteiger partial charge in [-0.15, -0.1) is 0 Å². The van der Waals surface area contributed by atoms with Crippen molar-refractivity contribution in [3.05, 3.63) is 70.8 Å². The Bertz CT molecular complexity index is 865. The van der Waals surface area contributed by atoms with E-state index in [4.69, 9.17) is 4.74 Å². The monoisotopic (exact) mass is 310 g/mol. The van der Waals surface area contributed by atoms with Crippen molar-refractivity contribution in [2.45, 2.75) is 19.4 Å². The van der Waals surface area contributed by atoms with Gasteiger partial charge in [-0.2, -0.15) is 0 Å². The van der Waals surface area contributed by atoms with E-state index in [1.165, 1.54) is 0 Å². The predicted molar refractivity (Wildman–Crippen MR) is 88.4 cm³/mol. The van der Waals surface area contributed by atoms with Crippen LogP contribution < -0.4 is 5.56 Å². The quantitative estimate of drug-likeness (QED) is 0.737. The van der Waals surface area contributed by atoms with E-state index in [1.807, 2.05) is 42.5 Å². The Kier molecular flexibility index (Phi) is 4.28. The van der Waals surface area contributed by atoms with Crippen LogP contribution in [0.1, 0.15) is 24.9 Å². The number of benzene rings is 1. The van der Waals surface area contributed by atoms with Crippen molar-refractivity contribution in [1.29, 1.82) is 0 Å². The van der Waals surface area contributed by atoms with Crippen molar-refractivity contribution >= 4 is 16.9 Å². The maximum absolute atomic E-state index is 12.7. The summed E-state index contributed by atoms with van der Waals surface area (Å²) in [5.74, 6) is -0.320. The van der Waals surface area contributed by atoms with Gasteiger partial charge in [0, 0.05) is 17.8 Å². The van der Waals surface area contributed by atoms with Gasteiger partial charge in [0.15, 0.2) is 0 Å². The highest BCUT2D eigenvalue weighted by Gasteiger charge is 2.20. The second-order valence-electron chi connectivity index (χ2n) is 5.27. The first-order valence-electron chi connectivity index (χ1n) is 7.59. The standard InChI is InChI=1S/C18H18N2O3/c1-2-23-16(21)12-15(13-6-4-3-5-7-13)20-11-9-14-8-10-19-17(14)18(20)22/h3-11,15,19H,2,12H2,1H3. The molecule has 2 aromatic heterocycles. The number of aromatic amines is 1. The van der Waals surface area contributed by atoms with E-state index in [0.717, 1.165) is 10.9 Å². The lowest BCUT2D eigenvalue weighted by atomic mass is 10.0. The number of carbonyl (C=O) groups excluding carboxylic acids is 1. The average molecular weight is 310 g/mol. The fourth-order valence-electron chi connectivity index (χ4n) is 2.74. The lowest BCUT2D eigenvalue weighted by Crippen LogP contribution is -2.27. The second-order valence-corrected chi connectivity index (χ2v) is 5.27. The summed E-state index contributed by atoms with van der Waals surface area (Å²) in [4.78, 5) is 27.7. The van der Waals surface area contributed by atoms with Gasteiger partial charge < -0.3 is 14.3 Å². The number of H-pyrrole nitrogens is 1. The Balaban J connectivity index is 2.07. The maximum Gasteiger partial charge on any atom is 0.308 e. The molecule has 118 valence electrons. The summed E-state index contributed by atoms with van der Waals surface area (Å²) >= 11 is 0. The third-order valence-corrected chi connectivity index (χ3v) is 3.83. The molecule has 0 radical (unpaired) electrons. The van der Waals surface area contributed by atoms with Crippen LogP contribution in [0.2, 0.25) is 0 Å². The number of pyridine rings is 1. The molecule has 0 saturated heterocycles. The minimum Gasteiger partial charge on any atom is -0.466 e. The lowest BCUT2D eigenvalue weighted by molar-refractivity contribution is -0.143. The van der Waals surface area contributed by atoms with E-state index in [2.05, 4.69) is 4.98 Å². The zero-order valence-electron chi connectivity index (χ0n) is 12.9. The highest BCUT2D eigenvalue weighted by molar-refractivity contribution is 5.78. The van der Waals surface area contributed by atoms with Gasteiger partial charge in [0.05, 0.1) is 19.1 Å². The highest BCUT2D eigenvalue weighted by Crippen LogP contribution is 2.22.